The topological polar surface area (TPSA) is 48.7 Å². The van der Waals surface area contributed by atoms with Crippen molar-refractivity contribution >= 4 is 28.5 Å². The van der Waals surface area contributed by atoms with Gasteiger partial charge in [0.1, 0.15) is 11.3 Å². The molecule has 0 atom stereocenters. The number of anilines is 1. The Labute approximate surface area is 129 Å². The Morgan fingerprint density at radius 1 is 1.05 bits per heavy atom. The van der Waals surface area contributed by atoms with Crippen LogP contribution in [0.15, 0.2) is 59.7 Å². The normalized spacial score (nSPS) is 11.2. The molecule has 0 saturated heterocycles. The van der Waals surface area contributed by atoms with Gasteiger partial charge in [-0.15, -0.1) is 0 Å². The second kappa shape index (κ2) is 5.85. The van der Waals surface area contributed by atoms with Crippen molar-refractivity contribution in [2.24, 2.45) is 4.99 Å². The Hall–Kier alpha value is -2.88. The maximum atomic E-state index is 9.85. The summed E-state index contributed by atoms with van der Waals surface area (Å²) in [6, 6.07) is 15.3. The van der Waals surface area contributed by atoms with Crippen LogP contribution in [-0.4, -0.2) is 30.4 Å². The molecule has 3 rings (SSSR count). The molecule has 110 valence electrons. The lowest BCUT2D eigenvalue weighted by Crippen LogP contribution is -2.07. The molecule has 1 aromatic heterocycles. The first kappa shape index (κ1) is 14.1. The van der Waals surface area contributed by atoms with E-state index in [4.69, 9.17) is 0 Å². The summed E-state index contributed by atoms with van der Waals surface area (Å²) in [6.45, 7) is 0. The summed E-state index contributed by atoms with van der Waals surface area (Å²) in [7, 11) is 4.02. The molecule has 1 N–H and O–H groups in total. The van der Waals surface area contributed by atoms with Gasteiger partial charge in [0.2, 0.25) is 0 Å². The predicted molar refractivity (Wildman–Crippen MR) is 91.4 cm³/mol. The molecule has 22 heavy (non-hydrogen) atoms. The average molecular weight is 291 g/mol. The lowest BCUT2D eigenvalue weighted by atomic mass is 10.1. The van der Waals surface area contributed by atoms with Gasteiger partial charge < -0.3 is 10.0 Å². The number of aromatic hydroxyl groups is 1. The van der Waals surface area contributed by atoms with Crippen LogP contribution in [0.2, 0.25) is 0 Å². The molecule has 0 aliphatic rings. The highest BCUT2D eigenvalue weighted by Crippen LogP contribution is 2.25. The van der Waals surface area contributed by atoms with Crippen molar-refractivity contribution in [3.05, 3.63) is 60.3 Å². The van der Waals surface area contributed by atoms with E-state index in [-0.39, 0.29) is 5.75 Å². The molecule has 0 aliphatic carbocycles. The van der Waals surface area contributed by atoms with Crippen LogP contribution in [0.1, 0.15) is 5.56 Å². The number of aliphatic imine (C=N–C) groups is 1. The van der Waals surface area contributed by atoms with Gasteiger partial charge in [0.15, 0.2) is 0 Å². The third-order valence-electron chi connectivity index (χ3n) is 3.50. The van der Waals surface area contributed by atoms with Gasteiger partial charge in [-0.1, -0.05) is 6.07 Å². The van der Waals surface area contributed by atoms with E-state index in [1.165, 1.54) is 0 Å². The van der Waals surface area contributed by atoms with Crippen LogP contribution in [-0.2, 0) is 0 Å². The Kier molecular flexibility index (Phi) is 3.74. The summed E-state index contributed by atoms with van der Waals surface area (Å²) in [4.78, 5) is 10.8. The fourth-order valence-electron chi connectivity index (χ4n) is 2.27. The molecule has 0 saturated carbocycles. The summed E-state index contributed by atoms with van der Waals surface area (Å²) in [5.74, 6) is 0.183. The SMILES string of the molecule is CN(C)c1ccc(N=Cc2ccc(O)c3ncccc23)cc1. The Morgan fingerprint density at radius 3 is 2.55 bits per heavy atom. The van der Waals surface area contributed by atoms with Crippen LogP contribution < -0.4 is 4.90 Å². The third kappa shape index (κ3) is 2.76. The highest BCUT2D eigenvalue weighted by atomic mass is 16.3. The third-order valence-corrected chi connectivity index (χ3v) is 3.50. The number of phenolic OH excluding ortho intramolecular Hbond substituents is 1. The van der Waals surface area contributed by atoms with Gasteiger partial charge in [0.25, 0.3) is 0 Å². The van der Waals surface area contributed by atoms with Gasteiger partial charge in [-0.2, -0.15) is 0 Å². The highest BCUT2D eigenvalue weighted by Gasteiger charge is 2.04. The predicted octanol–water partition coefficient (Wildman–Crippen LogP) is 3.76. The number of phenols is 1. The summed E-state index contributed by atoms with van der Waals surface area (Å²) in [5.41, 5.74) is 3.54. The van der Waals surface area contributed by atoms with Crippen LogP contribution in [0, 0.1) is 0 Å². The van der Waals surface area contributed by atoms with Crippen molar-refractivity contribution in [1.29, 1.82) is 0 Å². The molecular formula is C18H17N3O. The number of benzene rings is 2. The second-order valence-electron chi connectivity index (χ2n) is 5.24. The summed E-state index contributed by atoms with van der Waals surface area (Å²) in [5, 5.41) is 10.7. The number of fused-ring (bicyclic) bond motifs is 1. The van der Waals surface area contributed by atoms with Gasteiger partial charge in [0, 0.05) is 43.1 Å². The van der Waals surface area contributed by atoms with E-state index in [0.717, 1.165) is 22.3 Å². The molecule has 0 aliphatic heterocycles. The first-order valence-electron chi connectivity index (χ1n) is 7.03. The smallest absolute Gasteiger partial charge is 0.141 e. The summed E-state index contributed by atoms with van der Waals surface area (Å²) in [6.07, 6.45) is 3.47. The standard InChI is InChI=1S/C18H17N3O/c1-21(2)15-8-6-14(7-9-15)20-12-13-5-10-17(22)18-16(13)4-3-11-19-18/h3-12,22H,1-2H3. The van der Waals surface area contributed by atoms with Gasteiger partial charge in [-0.3, -0.25) is 9.98 Å². The van der Waals surface area contributed by atoms with E-state index >= 15 is 0 Å². The number of rotatable bonds is 3. The van der Waals surface area contributed by atoms with Gasteiger partial charge in [0.05, 0.1) is 5.69 Å². The van der Waals surface area contributed by atoms with Crippen molar-refractivity contribution in [2.75, 3.05) is 19.0 Å². The zero-order chi connectivity index (χ0) is 15.5. The average Bonchev–Trinajstić information content (AvgIpc) is 2.55. The maximum absolute atomic E-state index is 9.85. The highest BCUT2D eigenvalue weighted by molar-refractivity contribution is 6.01. The fraction of sp³-hybridized carbons (Fsp3) is 0.111. The molecule has 4 nitrogen and oxygen atoms in total. The minimum absolute atomic E-state index is 0.183. The van der Waals surface area contributed by atoms with E-state index in [2.05, 4.69) is 9.98 Å². The van der Waals surface area contributed by atoms with E-state index in [1.807, 2.05) is 61.5 Å². The molecular weight excluding hydrogens is 274 g/mol. The van der Waals surface area contributed by atoms with Crippen LogP contribution in [0.4, 0.5) is 11.4 Å². The van der Waals surface area contributed by atoms with Crippen molar-refractivity contribution < 1.29 is 5.11 Å². The van der Waals surface area contributed by atoms with E-state index in [9.17, 15) is 5.11 Å². The number of hydrogen-bond acceptors (Lipinski definition) is 4. The molecule has 1 heterocycles. The maximum Gasteiger partial charge on any atom is 0.141 e. The molecule has 0 fully saturated rings. The van der Waals surface area contributed by atoms with Crippen molar-refractivity contribution in [1.82, 2.24) is 4.98 Å². The molecule has 0 unspecified atom stereocenters. The molecule has 0 bridgehead atoms. The largest absolute Gasteiger partial charge is 0.506 e. The van der Waals surface area contributed by atoms with Gasteiger partial charge in [-0.25, -0.2) is 0 Å². The second-order valence-corrected chi connectivity index (χ2v) is 5.24. The number of aromatic nitrogens is 1. The molecule has 0 radical (unpaired) electrons. The minimum atomic E-state index is 0.183. The van der Waals surface area contributed by atoms with Gasteiger partial charge >= 0.3 is 0 Å². The van der Waals surface area contributed by atoms with Crippen LogP contribution in [0.3, 0.4) is 0 Å². The van der Waals surface area contributed by atoms with E-state index < -0.39 is 0 Å². The zero-order valence-corrected chi connectivity index (χ0v) is 12.6. The van der Waals surface area contributed by atoms with Crippen molar-refractivity contribution in [3.8, 4) is 5.75 Å². The minimum Gasteiger partial charge on any atom is -0.506 e. The Morgan fingerprint density at radius 2 is 1.82 bits per heavy atom. The fourth-order valence-corrected chi connectivity index (χ4v) is 2.27. The molecule has 2 aromatic carbocycles. The molecule has 0 amide bonds. The van der Waals surface area contributed by atoms with Crippen LogP contribution in [0.25, 0.3) is 10.9 Å². The monoisotopic (exact) mass is 291 g/mol. The van der Waals surface area contributed by atoms with Crippen molar-refractivity contribution in [2.45, 2.75) is 0 Å². The lowest BCUT2D eigenvalue weighted by Gasteiger charge is -2.11. The van der Waals surface area contributed by atoms with E-state index in [1.54, 1.807) is 18.5 Å². The van der Waals surface area contributed by atoms with Crippen LogP contribution in [0.5, 0.6) is 5.75 Å². The number of nitrogens with zero attached hydrogens (tertiary/aromatic N) is 3. The van der Waals surface area contributed by atoms with Crippen LogP contribution >= 0.6 is 0 Å². The summed E-state index contributed by atoms with van der Waals surface area (Å²) >= 11 is 0. The van der Waals surface area contributed by atoms with Crippen molar-refractivity contribution in [3.63, 3.8) is 0 Å². The number of hydrogen-bond donors (Lipinski definition) is 1. The zero-order valence-electron chi connectivity index (χ0n) is 12.6. The quantitative estimate of drug-likeness (QED) is 0.747. The number of pyridine rings is 1. The molecule has 3 aromatic rings. The lowest BCUT2D eigenvalue weighted by molar-refractivity contribution is 0.480. The first-order chi connectivity index (χ1) is 10.6. The Balaban J connectivity index is 1.94. The molecule has 4 heteroatoms. The molecule has 0 spiro atoms. The summed E-state index contributed by atoms with van der Waals surface area (Å²) < 4.78 is 0. The Bertz CT molecular complexity index is 823. The first-order valence-corrected chi connectivity index (χ1v) is 7.03. The van der Waals surface area contributed by atoms with E-state index in [0.29, 0.717) is 5.52 Å². The van der Waals surface area contributed by atoms with Gasteiger partial charge in [-0.05, 0) is 42.5 Å².